The van der Waals surface area contributed by atoms with Gasteiger partial charge in [-0.15, -0.1) is 0 Å². The molecule has 0 saturated heterocycles. The van der Waals surface area contributed by atoms with Crippen LogP contribution in [-0.4, -0.2) is 14.5 Å². The number of aromatic nitrogens is 3. The highest BCUT2D eigenvalue weighted by Crippen LogP contribution is 2.56. The van der Waals surface area contributed by atoms with Gasteiger partial charge in [0.05, 0.1) is 16.7 Å². The Morgan fingerprint density at radius 3 is 1.88 bits per heavy atom. The molecule has 0 N–H and O–H groups in total. The Morgan fingerprint density at radius 2 is 1.10 bits per heavy atom. The molecule has 0 fully saturated rings. The molecular formula is C44H28N3OP. The first kappa shape index (κ1) is 28.0. The SMILES string of the molecule is O=P1(c2ccccc2)c2ccc3ccccc3c2-c2c1ccc1c3ccccc3n(-c3cc(-c4ccccc4)nc(-c4ccccc4)n3)c21. The predicted octanol–water partition coefficient (Wildman–Crippen LogP) is 9.68. The lowest BCUT2D eigenvalue weighted by Crippen LogP contribution is -2.20. The number of para-hydroxylation sites is 1. The van der Waals surface area contributed by atoms with Crippen LogP contribution >= 0.6 is 7.14 Å². The lowest BCUT2D eigenvalue weighted by atomic mass is 9.96. The van der Waals surface area contributed by atoms with Crippen LogP contribution in [0.2, 0.25) is 0 Å². The van der Waals surface area contributed by atoms with Gasteiger partial charge in [0, 0.05) is 55.0 Å². The highest BCUT2D eigenvalue weighted by atomic mass is 31.2. The first-order valence-corrected chi connectivity index (χ1v) is 18.2. The number of hydrogen-bond donors (Lipinski definition) is 0. The van der Waals surface area contributed by atoms with Gasteiger partial charge < -0.3 is 4.57 Å². The molecule has 3 heterocycles. The Labute approximate surface area is 283 Å². The van der Waals surface area contributed by atoms with E-state index in [-0.39, 0.29) is 0 Å². The Bertz CT molecular complexity index is 2730. The van der Waals surface area contributed by atoms with Crippen molar-refractivity contribution < 1.29 is 4.57 Å². The summed E-state index contributed by atoms with van der Waals surface area (Å²) < 4.78 is 18.1. The highest BCUT2D eigenvalue weighted by molar-refractivity contribution is 7.86. The molecule has 49 heavy (non-hydrogen) atoms. The molecule has 0 aliphatic carbocycles. The van der Waals surface area contributed by atoms with Crippen molar-refractivity contribution in [3.63, 3.8) is 0 Å². The third-order valence-corrected chi connectivity index (χ3v) is 12.9. The molecule has 0 radical (unpaired) electrons. The van der Waals surface area contributed by atoms with Gasteiger partial charge in [-0.3, -0.25) is 4.57 Å². The van der Waals surface area contributed by atoms with Crippen molar-refractivity contribution in [1.29, 1.82) is 0 Å². The summed E-state index contributed by atoms with van der Waals surface area (Å²) in [6, 6.07) is 57.9. The van der Waals surface area contributed by atoms with E-state index in [1.807, 2.05) is 66.7 Å². The Morgan fingerprint density at radius 1 is 0.490 bits per heavy atom. The van der Waals surface area contributed by atoms with Crippen molar-refractivity contribution in [2.45, 2.75) is 0 Å². The maximum absolute atomic E-state index is 15.9. The second-order valence-electron chi connectivity index (χ2n) is 12.5. The summed E-state index contributed by atoms with van der Waals surface area (Å²) in [6.07, 6.45) is 0. The molecule has 4 nitrogen and oxygen atoms in total. The third-order valence-electron chi connectivity index (χ3n) is 9.81. The normalized spacial score (nSPS) is 15.1. The summed E-state index contributed by atoms with van der Waals surface area (Å²) in [4.78, 5) is 10.4. The van der Waals surface area contributed by atoms with Crippen molar-refractivity contribution in [2.24, 2.45) is 0 Å². The average Bonchev–Trinajstić information content (AvgIpc) is 3.66. The molecule has 1 atom stereocenters. The second kappa shape index (κ2) is 10.7. The largest absolute Gasteiger partial charge is 0.309 e. The third kappa shape index (κ3) is 4.08. The van der Waals surface area contributed by atoms with Crippen LogP contribution in [0.25, 0.3) is 72.2 Å². The highest BCUT2D eigenvalue weighted by Gasteiger charge is 2.43. The number of fused-ring (bicyclic) bond motifs is 9. The van der Waals surface area contributed by atoms with E-state index < -0.39 is 7.14 Å². The fourth-order valence-electron chi connectivity index (χ4n) is 7.65. The first-order valence-electron chi connectivity index (χ1n) is 16.5. The summed E-state index contributed by atoms with van der Waals surface area (Å²) >= 11 is 0. The smallest absolute Gasteiger partial charge is 0.172 e. The zero-order valence-corrected chi connectivity index (χ0v) is 27.3. The summed E-state index contributed by atoms with van der Waals surface area (Å²) in [5.41, 5.74) is 6.87. The number of nitrogens with zero attached hydrogens (tertiary/aromatic N) is 3. The van der Waals surface area contributed by atoms with Gasteiger partial charge in [0.25, 0.3) is 0 Å². The van der Waals surface area contributed by atoms with Crippen molar-refractivity contribution in [3.05, 3.63) is 170 Å². The maximum Gasteiger partial charge on any atom is 0.172 e. The molecule has 2 aromatic heterocycles. The standard InChI is InChI=1S/C44H28N3OP/c48-49(32-19-8-3-9-20-32)38-26-24-29-14-10-11-21-33(29)41(38)42-39(49)27-25-35-34-22-12-13-23-37(34)47(43(35)42)40-28-36(30-15-4-1-5-16-30)45-44(46-40)31-17-6-2-7-18-31/h1-28H. The molecule has 230 valence electrons. The van der Waals surface area contributed by atoms with Crippen LogP contribution in [0.15, 0.2) is 170 Å². The molecule has 0 bridgehead atoms. The summed E-state index contributed by atoms with van der Waals surface area (Å²) in [5.74, 6) is 1.41. The number of hydrogen-bond acceptors (Lipinski definition) is 3. The van der Waals surface area contributed by atoms with Gasteiger partial charge in [0.15, 0.2) is 13.0 Å². The van der Waals surface area contributed by atoms with Crippen molar-refractivity contribution in [2.75, 3.05) is 0 Å². The van der Waals surface area contributed by atoms with Crippen LogP contribution in [-0.2, 0) is 4.57 Å². The van der Waals surface area contributed by atoms with Crippen LogP contribution in [0.1, 0.15) is 0 Å². The van der Waals surface area contributed by atoms with E-state index in [1.165, 1.54) is 0 Å². The molecule has 0 spiro atoms. The van der Waals surface area contributed by atoms with E-state index in [0.29, 0.717) is 5.82 Å². The van der Waals surface area contributed by atoms with Gasteiger partial charge in [-0.25, -0.2) is 9.97 Å². The van der Waals surface area contributed by atoms with Gasteiger partial charge in [-0.05, 0) is 29.0 Å². The fraction of sp³-hybridized carbons (Fsp3) is 0. The molecule has 5 heteroatoms. The molecule has 0 amide bonds. The van der Waals surface area contributed by atoms with Crippen LogP contribution in [0.5, 0.6) is 0 Å². The molecule has 1 unspecified atom stereocenters. The van der Waals surface area contributed by atoms with Crippen molar-refractivity contribution >= 4 is 55.6 Å². The van der Waals surface area contributed by atoms with Crippen molar-refractivity contribution in [1.82, 2.24) is 14.5 Å². The van der Waals surface area contributed by atoms with Gasteiger partial charge in [0.2, 0.25) is 0 Å². The van der Waals surface area contributed by atoms with Crippen LogP contribution < -0.4 is 15.9 Å². The zero-order chi connectivity index (χ0) is 32.5. The minimum atomic E-state index is -3.23. The summed E-state index contributed by atoms with van der Waals surface area (Å²) in [5, 5.41) is 7.01. The summed E-state index contributed by atoms with van der Waals surface area (Å²) in [6.45, 7) is 0. The van der Waals surface area contributed by atoms with E-state index in [2.05, 4.69) is 108 Å². The lowest BCUT2D eigenvalue weighted by molar-refractivity contribution is 0.593. The van der Waals surface area contributed by atoms with Crippen LogP contribution in [0, 0.1) is 0 Å². The number of rotatable bonds is 4. The Hall–Kier alpha value is -6.09. The van der Waals surface area contributed by atoms with Crippen LogP contribution in [0.4, 0.5) is 0 Å². The topological polar surface area (TPSA) is 47.8 Å². The van der Waals surface area contributed by atoms with E-state index in [1.54, 1.807) is 0 Å². The minimum Gasteiger partial charge on any atom is -0.309 e. The second-order valence-corrected chi connectivity index (χ2v) is 15.2. The quantitative estimate of drug-likeness (QED) is 0.179. The average molecular weight is 646 g/mol. The van der Waals surface area contributed by atoms with Gasteiger partial charge in [0.1, 0.15) is 5.82 Å². The number of benzene rings is 7. The molecule has 9 aromatic rings. The molecule has 0 saturated carbocycles. The first-order chi connectivity index (χ1) is 24.2. The van der Waals surface area contributed by atoms with E-state index in [4.69, 9.17) is 9.97 Å². The van der Waals surface area contributed by atoms with E-state index in [0.717, 1.165) is 82.3 Å². The fourth-order valence-corrected chi connectivity index (χ4v) is 10.7. The Kier molecular flexibility index (Phi) is 6.12. The monoisotopic (exact) mass is 645 g/mol. The molecule has 1 aliphatic rings. The van der Waals surface area contributed by atoms with Gasteiger partial charge in [-0.2, -0.15) is 0 Å². The van der Waals surface area contributed by atoms with Gasteiger partial charge in [-0.1, -0.05) is 146 Å². The van der Waals surface area contributed by atoms with Gasteiger partial charge >= 0.3 is 0 Å². The van der Waals surface area contributed by atoms with Crippen LogP contribution in [0.3, 0.4) is 0 Å². The maximum atomic E-state index is 15.9. The minimum absolute atomic E-state index is 0.649. The Balaban J connectivity index is 1.39. The van der Waals surface area contributed by atoms with E-state index in [9.17, 15) is 0 Å². The predicted molar refractivity (Wildman–Crippen MR) is 203 cm³/mol. The lowest BCUT2D eigenvalue weighted by Gasteiger charge is -2.16. The summed E-state index contributed by atoms with van der Waals surface area (Å²) in [7, 11) is -3.23. The zero-order valence-electron chi connectivity index (χ0n) is 26.4. The van der Waals surface area contributed by atoms with Crippen molar-refractivity contribution in [3.8, 4) is 39.6 Å². The molecular weight excluding hydrogens is 617 g/mol. The van der Waals surface area contributed by atoms with E-state index >= 15 is 4.57 Å². The molecule has 7 aromatic carbocycles. The molecule has 10 rings (SSSR count). The molecule has 1 aliphatic heterocycles.